The molecule has 0 radical (unpaired) electrons. The molecular weight excluding hydrogens is 572 g/mol. The minimum Gasteiger partial charge on any atom is -0.494 e. The van der Waals surface area contributed by atoms with Crippen molar-refractivity contribution in [3.63, 3.8) is 0 Å². The molecule has 0 bridgehead atoms. The van der Waals surface area contributed by atoms with Gasteiger partial charge in [-0.1, -0.05) is 39.2 Å². The number of esters is 3. The van der Waals surface area contributed by atoms with Crippen molar-refractivity contribution in [3.8, 4) is 23.0 Å². The molecule has 0 spiro atoms. The van der Waals surface area contributed by atoms with Gasteiger partial charge in [0.05, 0.1) is 30.9 Å². The van der Waals surface area contributed by atoms with Crippen LogP contribution in [0.4, 0.5) is 0 Å². The average Bonchev–Trinajstić information content (AvgIpc) is 3.05. The van der Waals surface area contributed by atoms with Gasteiger partial charge in [0.1, 0.15) is 23.0 Å². The lowest BCUT2D eigenvalue weighted by Crippen LogP contribution is -2.10. The Balaban J connectivity index is 1.39. The second-order valence-electron chi connectivity index (χ2n) is 10.7. The minimum absolute atomic E-state index is 0.349. The predicted molar refractivity (Wildman–Crippen MR) is 173 cm³/mol. The van der Waals surface area contributed by atoms with Crippen molar-refractivity contribution in [2.45, 2.75) is 71.6 Å². The normalized spacial score (nSPS) is 10.5. The van der Waals surface area contributed by atoms with E-state index in [9.17, 15) is 14.4 Å². The van der Waals surface area contributed by atoms with Gasteiger partial charge in [-0.15, -0.1) is 0 Å². The number of carbonyl (C=O) groups excluding carboxylic acids is 3. The summed E-state index contributed by atoms with van der Waals surface area (Å²) in [6.45, 7) is 8.93. The first-order valence-electron chi connectivity index (χ1n) is 15.7. The number of hydrogen-bond donors (Lipinski definition) is 0. The van der Waals surface area contributed by atoms with Gasteiger partial charge < -0.3 is 23.7 Å². The molecule has 0 saturated heterocycles. The maximum atomic E-state index is 12.7. The monoisotopic (exact) mass is 616 g/mol. The maximum absolute atomic E-state index is 12.7. The van der Waals surface area contributed by atoms with Crippen molar-refractivity contribution in [1.82, 2.24) is 0 Å². The molecule has 0 saturated carbocycles. The molecule has 3 aromatic rings. The Morgan fingerprint density at radius 1 is 0.622 bits per heavy atom. The van der Waals surface area contributed by atoms with E-state index in [4.69, 9.17) is 23.7 Å². The summed E-state index contributed by atoms with van der Waals surface area (Å²) in [5.41, 5.74) is 1.44. The minimum atomic E-state index is -0.505. The Labute approximate surface area is 266 Å². The summed E-state index contributed by atoms with van der Waals surface area (Å²) in [5.74, 6) is 0.713. The molecule has 0 aliphatic carbocycles. The number of hydrogen-bond acceptors (Lipinski definition) is 8. The lowest BCUT2D eigenvalue weighted by molar-refractivity contribution is -0.137. The van der Waals surface area contributed by atoms with Crippen LogP contribution in [0.25, 0.3) is 0 Å². The van der Waals surface area contributed by atoms with Crippen molar-refractivity contribution in [2.75, 3.05) is 19.8 Å². The van der Waals surface area contributed by atoms with Gasteiger partial charge in [0.15, 0.2) is 0 Å². The van der Waals surface area contributed by atoms with Crippen LogP contribution in [-0.4, -0.2) is 37.7 Å². The standard InChI is InChI=1S/C37H44O8/c1-4-6-7-8-11-24-41-31-18-14-29(15-19-31)36(39)44-33-22-23-34(28(3)27-33)45-37(40)30-16-20-32(21-17-30)42-25-12-9-10-13-26-43-35(38)5-2/h5,14-23,27H,2,4,6-13,24-26H2,1,3H3. The van der Waals surface area contributed by atoms with Gasteiger partial charge in [-0.3, -0.25) is 0 Å². The zero-order valence-corrected chi connectivity index (χ0v) is 26.4. The number of benzene rings is 3. The SMILES string of the molecule is C=CC(=O)OCCCCCCOc1ccc(C(=O)Oc2ccc(OC(=O)c3ccc(OCCCCCCC)cc3)cc2C)cc1. The Morgan fingerprint density at radius 2 is 1.11 bits per heavy atom. The summed E-state index contributed by atoms with van der Waals surface area (Å²) in [6, 6.07) is 18.5. The summed E-state index contributed by atoms with van der Waals surface area (Å²) in [7, 11) is 0. The summed E-state index contributed by atoms with van der Waals surface area (Å²) in [4.78, 5) is 36.4. The lowest BCUT2D eigenvalue weighted by atomic mass is 10.2. The molecule has 0 unspecified atom stereocenters. The highest BCUT2D eigenvalue weighted by molar-refractivity contribution is 5.92. The van der Waals surface area contributed by atoms with E-state index in [-0.39, 0.29) is 0 Å². The van der Waals surface area contributed by atoms with Gasteiger partial charge in [-0.05, 0) is 111 Å². The molecule has 0 atom stereocenters. The fourth-order valence-electron chi connectivity index (χ4n) is 4.37. The third-order valence-electron chi connectivity index (χ3n) is 6.97. The van der Waals surface area contributed by atoms with Crippen LogP contribution in [0.5, 0.6) is 23.0 Å². The summed E-state index contributed by atoms with van der Waals surface area (Å²) in [5, 5.41) is 0. The van der Waals surface area contributed by atoms with Crippen molar-refractivity contribution in [3.05, 3.63) is 96.1 Å². The van der Waals surface area contributed by atoms with E-state index in [2.05, 4.69) is 13.5 Å². The highest BCUT2D eigenvalue weighted by Crippen LogP contribution is 2.26. The van der Waals surface area contributed by atoms with Crippen LogP contribution in [0.15, 0.2) is 79.4 Å². The Morgan fingerprint density at radius 3 is 1.62 bits per heavy atom. The van der Waals surface area contributed by atoms with Crippen molar-refractivity contribution < 1.29 is 38.1 Å². The van der Waals surface area contributed by atoms with Crippen LogP contribution < -0.4 is 18.9 Å². The van der Waals surface area contributed by atoms with Crippen LogP contribution in [0, 0.1) is 6.92 Å². The number of carbonyl (C=O) groups is 3. The van der Waals surface area contributed by atoms with E-state index in [1.807, 2.05) is 0 Å². The van der Waals surface area contributed by atoms with Gasteiger partial charge in [-0.25, -0.2) is 14.4 Å². The highest BCUT2D eigenvalue weighted by Gasteiger charge is 2.14. The predicted octanol–water partition coefficient (Wildman–Crippen LogP) is 8.45. The van der Waals surface area contributed by atoms with E-state index in [1.165, 1.54) is 19.3 Å². The molecule has 240 valence electrons. The van der Waals surface area contributed by atoms with Crippen LogP contribution >= 0.6 is 0 Å². The average molecular weight is 617 g/mol. The Hall–Kier alpha value is -4.59. The zero-order valence-electron chi connectivity index (χ0n) is 26.4. The lowest BCUT2D eigenvalue weighted by Gasteiger charge is -2.11. The molecule has 0 aromatic heterocycles. The van der Waals surface area contributed by atoms with Crippen molar-refractivity contribution in [1.29, 1.82) is 0 Å². The molecule has 0 heterocycles. The van der Waals surface area contributed by atoms with E-state index in [0.717, 1.165) is 50.4 Å². The van der Waals surface area contributed by atoms with Gasteiger partial charge in [0, 0.05) is 6.08 Å². The summed E-state index contributed by atoms with van der Waals surface area (Å²) in [6.07, 6.45) is 10.6. The molecule has 0 aliphatic heterocycles. The van der Waals surface area contributed by atoms with Crippen LogP contribution in [-0.2, 0) is 9.53 Å². The second kappa shape index (κ2) is 19.6. The Bertz CT molecular complexity index is 1360. The van der Waals surface area contributed by atoms with Gasteiger partial charge in [0.25, 0.3) is 0 Å². The van der Waals surface area contributed by atoms with Crippen molar-refractivity contribution >= 4 is 17.9 Å². The zero-order chi connectivity index (χ0) is 32.3. The Kier molecular flexibility index (Phi) is 15.2. The molecular formula is C37H44O8. The van der Waals surface area contributed by atoms with Crippen molar-refractivity contribution in [2.24, 2.45) is 0 Å². The fraction of sp³-hybridized carbons (Fsp3) is 0.378. The largest absolute Gasteiger partial charge is 0.494 e. The van der Waals surface area contributed by atoms with Gasteiger partial charge >= 0.3 is 17.9 Å². The fourth-order valence-corrected chi connectivity index (χ4v) is 4.37. The molecule has 0 fully saturated rings. The third kappa shape index (κ3) is 12.9. The molecule has 0 amide bonds. The van der Waals surface area contributed by atoms with E-state index < -0.39 is 17.9 Å². The first kappa shape index (κ1) is 34.9. The van der Waals surface area contributed by atoms with Gasteiger partial charge in [0.2, 0.25) is 0 Å². The number of aryl methyl sites for hydroxylation is 1. The maximum Gasteiger partial charge on any atom is 0.343 e. The molecule has 8 heteroatoms. The summed E-state index contributed by atoms with van der Waals surface area (Å²) >= 11 is 0. The molecule has 8 nitrogen and oxygen atoms in total. The summed E-state index contributed by atoms with van der Waals surface area (Å²) < 4.78 is 27.6. The molecule has 0 N–H and O–H groups in total. The third-order valence-corrected chi connectivity index (χ3v) is 6.97. The number of rotatable bonds is 20. The first-order chi connectivity index (χ1) is 21.9. The van der Waals surface area contributed by atoms with Crippen LogP contribution in [0.2, 0.25) is 0 Å². The number of ether oxygens (including phenoxy) is 5. The topological polar surface area (TPSA) is 97.4 Å². The van der Waals surface area contributed by atoms with E-state index >= 15 is 0 Å². The first-order valence-corrected chi connectivity index (χ1v) is 15.7. The van der Waals surface area contributed by atoms with Crippen LogP contribution in [0.1, 0.15) is 91.0 Å². The van der Waals surface area contributed by atoms with E-state index in [0.29, 0.717) is 53.8 Å². The molecule has 3 rings (SSSR count). The number of unbranched alkanes of at least 4 members (excludes halogenated alkanes) is 7. The molecule has 0 aliphatic rings. The van der Waals surface area contributed by atoms with Crippen LogP contribution in [0.3, 0.4) is 0 Å². The smallest absolute Gasteiger partial charge is 0.343 e. The highest BCUT2D eigenvalue weighted by atomic mass is 16.5. The molecule has 45 heavy (non-hydrogen) atoms. The molecule has 3 aromatic carbocycles. The quantitative estimate of drug-likeness (QED) is 0.0540. The van der Waals surface area contributed by atoms with Gasteiger partial charge in [-0.2, -0.15) is 0 Å². The van der Waals surface area contributed by atoms with E-state index in [1.54, 1.807) is 73.7 Å². The second-order valence-corrected chi connectivity index (χ2v) is 10.7.